The number of hydrogen-bond acceptors (Lipinski definition) is 3. The number of carbonyl (C=O) groups excluding carboxylic acids is 2. The maximum Gasteiger partial charge on any atom is 0.410 e. The van der Waals surface area contributed by atoms with Crippen molar-refractivity contribution in [2.24, 2.45) is 5.92 Å². The molecule has 0 spiro atoms. The summed E-state index contributed by atoms with van der Waals surface area (Å²) < 4.78 is 5.23. The van der Waals surface area contributed by atoms with Crippen molar-refractivity contribution in [3.8, 4) is 0 Å². The van der Waals surface area contributed by atoms with E-state index in [1.54, 1.807) is 0 Å². The van der Waals surface area contributed by atoms with E-state index < -0.39 is 5.60 Å². The van der Waals surface area contributed by atoms with Crippen LogP contribution >= 0.6 is 0 Å². The van der Waals surface area contributed by atoms with Crippen molar-refractivity contribution in [2.45, 2.75) is 45.8 Å². The molecule has 0 N–H and O–H groups in total. The number of likely N-dealkylation sites (tertiary alicyclic amines) is 1. The van der Waals surface area contributed by atoms with Crippen molar-refractivity contribution in [1.82, 2.24) is 4.90 Å². The van der Waals surface area contributed by atoms with Crippen molar-refractivity contribution in [2.75, 3.05) is 6.54 Å². The van der Waals surface area contributed by atoms with Crippen LogP contribution in [0.1, 0.15) is 34.1 Å². The average molecular weight is 213 g/mol. The Balaban J connectivity index is 2.63. The number of hydrogen-bond donors (Lipinski definition) is 0. The minimum Gasteiger partial charge on any atom is -0.444 e. The summed E-state index contributed by atoms with van der Waals surface area (Å²) in [4.78, 5) is 24.0. The second-order valence-corrected chi connectivity index (χ2v) is 5.18. The van der Waals surface area contributed by atoms with Gasteiger partial charge in [-0.15, -0.1) is 0 Å². The van der Waals surface area contributed by atoms with Gasteiger partial charge in [0, 0.05) is 6.54 Å². The summed E-state index contributed by atoms with van der Waals surface area (Å²) >= 11 is 0. The van der Waals surface area contributed by atoms with Crippen LogP contribution in [-0.2, 0) is 9.53 Å². The highest BCUT2D eigenvalue weighted by Crippen LogP contribution is 2.23. The molecule has 0 aromatic rings. The van der Waals surface area contributed by atoms with E-state index in [-0.39, 0.29) is 12.1 Å². The molecular formula is C11H19NO3. The molecule has 1 aliphatic rings. The monoisotopic (exact) mass is 213 g/mol. The van der Waals surface area contributed by atoms with E-state index in [9.17, 15) is 9.59 Å². The highest BCUT2D eigenvalue weighted by atomic mass is 16.6. The zero-order valence-electron chi connectivity index (χ0n) is 9.82. The molecular weight excluding hydrogens is 194 g/mol. The zero-order valence-corrected chi connectivity index (χ0v) is 9.82. The molecule has 0 aliphatic carbocycles. The molecule has 86 valence electrons. The molecule has 1 rings (SSSR count). The second-order valence-electron chi connectivity index (χ2n) is 5.18. The Labute approximate surface area is 90.6 Å². The fourth-order valence-electron chi connectivity index (χ4n) is 1.74. The Kier molecular flexibility index (Phi) is 3.37. The largest absolute Gasteiger partial charge is 0.444 e. The van der Waals surface area contributed by atoms with Crippen LogP contribution < -0.4 is 0 Å². The van der Waals surface area contributed by atoms with E-state index in [1.165, 1.54) is 4.90 Å². The first kappa shape index (κ1) is 12.0. The predicted octanol–water partition coefficient (Wildman–Crippen LogP) is 1.83. The third-order valence-electron chi connectivity index (χ3n) is 2.34. The fourth-order valence-corrected chi connectivity index (χ4v) is 1.74. The number of aldehydes is 1. The highest BCUT2D eigenvalue weighted by molar-refractivity contribution is 5.74. The van der Waals surface area contributed by atoms with Gasteiger partial charge in [-0.25, -0.2) is 4.79 Å². The van der Waals surface area contributed by atoms with Crippen LogP contribution in [0.5, 0.6) is 0 Å². The third kappa shape index (κ3) is 3.22. The van der Waals surface area contributed by atoms with Crippen LogP contribution in [0.2, 0.25) is 0 Å². The average Bonchev–Trinajstić information content (AvgIpc) is 2.43. The Hall–Kier alpha value is -1.06. The summed E-state index contributed by atoms with van der Waals surface area (Å²) in [7, 11) is 0. The maximum absolute atomic E-state index is 11.7. The minimum absolute atomic E-state index is 0.310. The minimum atomic E-state index is -0.504. The van der Waals surface area contributed by atoms with Gasteiger partial charge in [0.25, 0.3) is 0 Å². The Bertz CT molecular complexity index is 257. The van der Waals surface area contributed by atoms with Crippen LogP contribution in [0.25, 0.3) is 0 Å². The lowest BCUT2D eigenvalue weighted by molar-refractivity contribution is -0.111. The van der Waals surface area contributed by atoms with E-state index in [0.29, 0.717) is 12.5 Å². The van der Waals surface area contributed by atoms with E-state index in [1.807, 2.05) is 27.7 Å². The van der Waals surface area contributed by atoms with Crippen LogP contribution in [0.4, 0.5) is 4.79 Å². The van der Waals surface area contributed by atoms with Crippen LogP contribution in [-0.4, -0.2) is 35.5 Å². The first-order valence-corrected chi connectivity index (χ1v) is 5.28. The van der Waals surface area contributed by atoms with E-state index in [0.717, 1.165) is 12.7 Å². The first-order chi connectivity index (χ1) is 6.83. The number of carbonyl (C=O) groups is 2. The van der Waals surface area contributed by atoms with E-state index in [4.69, 9.17) is 4.74 Å². The van der Waals surface area contributed by atoms with Crippen LogP contribution in [0, 0.1) is 5.92 Å². The fraction of sp³-hybridized carbons (Fsp3) is 0.818. The molecule has 15 heavy (non-hydrogen) atoms. The Morgan fingerprint density at radius 2 is 2.07 bits per heavy atom. The zero-order chi connectivity index (χ0) is 11.6. The molecule has 4 nitrogen and oxygen atoms in total. The molecule has 1 amide bonds. The molecule has 0 saturated carbocycles. The molecule has 1 aliphatic heterocycles. The number of rotatable bonds is 1. The normalized spacial score (nSPS) is 26.5. The molecule has 0 bridgehead atoms. The van der Waals surface area contributed by atoms with Crippen LogP contribution in [0.15, 0.2) is 0 Å². The van der Waals surface area contributed by atoms with Gasteiger partial charge in [0.15, 0.2) is 0 Å². The van der Waals surface area contributed by atoms with Crippen molar-refractivity contribution < 1.29 is 14.3 Å². The van der Waals surface area contributed by atoms with Gasteiger partial charge in [-0.05, 0) is 33.1 Å². The topological polar surface area (TPSA) is 46.6 Å². The number of ether oxygens (including phenoxy) is 1. The summed E-state index contributed by atoms with van der Waals surface area (Å²) in [5.41, 5.74) is -0.504. The SMILES string of the molecule is CC1CC(C=O)N(C(=O)OC(C)(C)C)C1. The molecule has 0 aromatic heterocycles. The summed E-state index contributed by atoms with van der Waals surface area (Å²) in [6.07, 6.45) is 1.18. The summed E-state index contributed by atoms with van der Waals surface area (Å²) in [5.74, 6) is 0.368. The molecule has 1 fully saturated rings. The van der Waals surface area contributed by atoms with Crippen LogP contribution in [0.3, 0.4) is 0 Å². The molecule has 0 aromatic carbocycles. The van der Waals surface area contributed by atoms with Gasteiger partial charge < -0.3 is 9.53 Å². The lowest BCUT2D eigenvalue weighted by Gasteiger charge is -2.26. The van der Waals surface area contributed by atoms with Crippen molar-refractivity contribution >= 4 is 12.4 Å². The quantitative estimate of drug-likeness (QED) is 0.624. The molecule has 0 radical (unpaired) electrons. The second kappa shape index (κ2) is 4.21. The van der Waals surface area contributed by atoms with Gasteiger partial charge in [-0.1, -0.05) is 6.92 Å². The predicted molar refractivity (Wildman–Crippen MR) is 56.6 cm³/mol. The maximum atomic E-state index is 11.7. The summed E-state index contributed by atoms with van der Waals surface area (Å²) in [6.45, 7) is 8.10. The first-order valence-electron chi connectivity index (χ1n) is 5.28. The Morgan fingerprint density at radius 3 is 2.53 bits per heavy atom. The van der Waals surface area contributed by atoms with Crippen molar-refractivity contribution in [3.05, 3.63) is 0 Å². The molecule has 1 saturated heterocycles. The van der Waals surface area contributed by atoms with Gasteiger partial charge in [0.05, 0.1) is 6.04 Å². The van der Waals surface area contributed by atoms with Crippen molar-refractivity contribution in [3.63, 3.8) is 0 Å². The summed E-state index contributed by atoms with van der Waals surface area (Å²) in [6, 6.07) is -0.310. The lowest BCUT2D eigenvalue weighted by Crippen LogP contribution is -2.40. The van der Waals surface area contributed by atoms with E-state index in [2.05, 4.69) is 0 Å². The van der Waals surface area contributed by atoms with Gasteiger partial charge >= 0.3 is 6.09 Å². The standard InChI is InChI=1S/C11H19NO3/c1-8-5-9(7-13)12(6-8)10(14)15-11(2,3)4/h7-9H,5-6H2,1-4H3. The Morgan fingerprint density at radius 1 is 1.47 bits per heavy atom. The highest BCUT2D eigenvalue weighted by Gasteiger charge is 2.35. The number of nitrogens with zero attached hydrogens (tertiary/aromatic N) is 1. The van der Waals surface area contributed by atoms with Gasteiger partial charge in [-0.3, -0.25) is 4.90 Å². The van der Waals surface area contributed by atoms with Gasteiger partial charge in [0.2, 0.25) is 0 Å². The molecule has 1 heterocycles. The molecule has 2 unspecified atom stereocenters. The molecule has 4 heteroatoms. The summed E-state index contributed by atoms with van der Waals surface area (Å²) in [5, 5.41) is 0. The molecule has 2 atom stereocenters. The third-order valence-corrected chi connectivity index (χ3v) is 2.34. The van der Waals surface area contributed by atoms with Gasteiger partial charge in [-0.2, -0.15) is 0 Å². The van der Waals surface area contributed by atoms with Gasteiger partial charge in [0.1, 0.15) is 11.9 Å². The lowest BCUT2D eigenvalue weighted by atomic mass is 10.1. The van der Waals surface area contributed by atoms with E-state index >= 15 is 0 Å². The van der Waals surface area contributed by atoms with Crippen molar-refractivity contribution in [1.29, 1.82) is 0 Å². The smallest absolute Gasteiger partial charge is 0.410 e. The number of amides is 1.